The van der Waals surface area contributed by atoms with Crippen LogP contribution in [0.4, 0.5) is 0 Å². The Bertz CT molecular complexity index is 738. The molecule has 1 saturated heterocycles. The van der Waals surface area contributed by atoms with Crippen LogP contribution in [0, 0.1) is 0 Å². The minimum atomic E-state index is -4.06. The summed E-state index contributed by atoms with van der Waals surface area (Å²) in [7, 11) is -7.28. The van der Waals surface area contributed by atoms with Gasteiger partial charge in [0.25, 0.3) is 0 Å². The Kier molecular flexibility index (Phi) is 3.85. The molecule has 110 valence electrons. The molecule has 2 N–H and O–H groups in total. The molecule has 1 aromatic rings. The van der Waals surface area contributed by atoms with Gasteiger partial charge in [0, 0.05) is 6.04 Å². The van der Waals surface area contributed by atoms with Crippen LogP contribution >= 0.6 is 0 Å². The fourth-order valence-electron chi connectivity index (χ4n) is 2.05. The predicted molar refractivity (Wildman–Crippen MR) is 70.8 cm³/mol. The van der Waals surface area contributed by atoms with Crippen molar-refractivity contribution in [1.29, 1.82) is 0 Å². The number of aromatic carboxylic acids is 1. The molecule has 0 spiro atoms. The minimum absolute atomic E-state index is 0.0687. The van der Waals surface area contributed by atoms with E-state index in [1.807, 2.05) is 0 Å². The van der Waals surface area contributed by atoms with Crippen LogP contribution in [-0.4, -0.2) is 45.5 Å². The Morgan fingerprint density at radius 2 is 1.95 bits per heavy atom. The first-order chi connectivity index (χ1) is 9.21. The van der Waals surface area contributed by atoms with Gasteiger partial charge in [0.05, 0.1) is 22.0 Å². The number of carbonyl (C=O) groups is 1. The van der Waals surface area contributed by atoms with Crippen molar-refractivity contribution in [2.24, 2.45) is 0 Å². The van der Waals surface area contributed by atoms with Crippen LogP contribution in [0.25, 0.3) is 0 Å². The van der Waals surface area contributed by atoms with Gasteiger partial charge in [-0.05, 0) is 18.6 Å². The lowest BCUT2D eigenvalue weighted by atomic mass is 10.2. The highest BCUT2D eigenvalue weighted by Crippen LogP contribution is 2.18. The van der Waals surface area contributed by atoms with Crippen LogP contribution in [0.2, 0.25) is 0 Å². The molecule has 20 heavy (non-hydrogen) atoms. The second-order valence-corrected chi connectivity index (χ2v) is 8.43. The molecule has 7 nitrogen and oxygen atoms in total. The summed E-state index contributed by atoms with van der Waals surface area (Å²) in [5, 5.41) is 8.98. The maximum atomic E-state index is 12.2. The first-order valence-corrected chi connectivity index (χ1v) is 9.07. The molecular weight excluding hydrogens is 306 g/mol. The Hall–Kier alpha value is -1.45. The fourth-order valence-corrected chi connectivity index (χ4v) is 5.30. The van der Waals surface area contributed by atoms with E-state index >= 15 is 0 Å². The molecule has 9 heteroatoms. The van der Waals surface area contributed by atoms with Crippen LogP contribution in [0.15, 0.2) is 29.2 Å². The van der Waals surface area contributed by atoms with E-state index < -0.39 is 31.9 Å². The largest absolute Gasteiger partial charge is 0.478 e. The molecule has 0 aliphatic carbocycles. The lowest BCUT2D eigenvalue weighted by molar-refractivity contribution is 0.0692. The van der Waals surface area contributed by atoms with Crippen molar-refractivity contribution in [2.45, 2.75) is 17.4 Å². The molecule has 0 saturated carbocycles. The second-order valence-electron chi connectivity index (χ2n) is 4.52. The van der Waals surface area contributed by atoms with Gasteiger partial charge in [0.15, 0.2) is 9.84 Å². The van der Waals surface area contributed by atoms with Crippen LogP contribution in [0.1, 0.15) is 16.8 Å². The maximum absolute atomic E-state index is 12.2. The topological polar surface area (TPSA) is 118 Å². The van der Waals surface area contributed by atoms with E-state index in [9.17, 15) is 21.6 Å². The molecule has 1 aliphatic rings. The highest BCUT2D eigenvalue weighted by molar-refractivity contribution is 7.92. The first-order valence-electron chi connectivity index (χ1n) is 5.76. The molecule has 1 aliphatic heterocycles. The zero-order valence-corrected chi connectivity index (χ0v) is 11.9. The smallest absolute Gasteiger partial charge is 0.337 e. The van der Waals surface area contributed by atoms with Crippen molar-refractivity contribution >= 4 is 25.8 Å². The Morgan fingerprint density at radius 1 is 1.30 bits per heavy atom. The van der Waals surface area contributed by atoms with E-state index in [0.717, 1.165) is 0 Å². The van der Waals surface area contributed by atoms with Crippen molar-refractivity contribution in [3.05, 3.63) is 29.8 Å². The molecule has 1 unspecified atom stereocenters. The molecule has 0 amide bonds. The summed E-state index contributed by atoms with van der Waals surface area (Å²) in [5.74, 6) is -1.69. The van der Waals surface area contributed by atoms with E-state index in [4.69, 9.17) is 5.11 Å². The molecule has 1 heterocycles. The Balaban J connectivity index is 2.30. The van der Waals surface area contributed by atoms with E-state index in [0.29, 0.717) is 0 Å². The molecule has 1 aromatic carbocycles. The normalized spacial score (nSPS) is 21.7. The SMILES string of the molecule is O=C(O)c1ccccc1S(=O)(=O)NC1CCS(=O)(=O)C1. The van der Waals surface area contributed by atoms with E-state index in [2.05, 4.69) is 4.72 Å². The fraction of sp³-hybridized carbons (Fsp3) is 0.364. The number of carboxylic acids is 1. The second kappa shape index (κ2) is 5.15. The maximum Gasteiger partial charge on any atom is 0.337 e. The summed E-state index contributed by atoms with van der Waals surface area (Å²) >= 11 is 0. The Labute approximate surface area is 116 Å². The summed E-state index contributed by atoms with van der Waals surface area (Å²) in [6.45, 7) is 0. The molecule has 0 bridgehead atoms. The Morgan fingerprint density at radius 3 is 2.50 bits per heavy atom. The van der Waals surface area contributed by atoms with Gasteiger partial charge < -0.3 is 5.11 Å². The summed E-state index contributed by atoms with van der Waals surface area (Å²) in [4.78, 5) is 10.7. The van der Waals surface area contributed by atoms with E-state index in [1.165, 1.54) is 24.3 Å². The van der Waals surface area contributed by atoms with E-state index in [-0.39, 0.29) is 28.4 Å². The minimum Gasteiger partial charge on any atom is -0.478 e. The van der Waals surface area contributed by atoms with Gasteiger partial charge in [0.2, 0.25) is 10.0 Å². The van der Waals surface area contributed by atoms with Gasteiger partial charge >= 0.3 is 5.97 Å². The molecule has 2 rings (SSSR count). The number of nitrogens with one attached hydrogen (secondary N) is 1. The van der Waals surface area contributed by atoms with Crippen LogP contribution in [0.3, 0.4) is 0 Å². The number of rotatable bonds is 4. The van der Waals surface area contributed by atoms with Gasteiger partial charge in [-0.2, -0.15) is 0 Å². The quantitative estimate of drug-likeness (QED) is 0.797. The highest BCUT2D eigenvalue weighted by Gasteiger charge is 2.32. The van der Waals surface area contributed by atoms with Gasteiger partial charge in [-0.25, -0.2) is 26.4 Å². The number of sulfonamides is 1. The van der Waals surface area contributed by atoms with Gasteiger partial charge in [-0.15, -0.1) is 0 Å². The standard InChI is InChI=1S/C11H13NO6S2/c13-11(14)9-3-1-2-4-10(9)20(17,18)12-8-5-6-19(15,16)7-8/h1-4,8,12H,5-7H2,(H,13,14). The van der Waals surface area contributed by atoms with Gasteiger partial charge in [-0.1, -0.05) is 12.1 Å². The monoisotopic (exact) mass is 319 g/mol. The lowest BCUT2D eigenvalue weighted by Crippen LogP contribution is -2.36. The average Bonchev–Trinajstić information content (AvgIpc) is 2.68. The number of benzene rings is 1. The van der Waals surface area contributed by atoms with Gasteiger partial charge in [-0.3, -0.25) is 0 Å². The zero-order valence-electron chi connectivity index (χ0n) is 10.3. The zero-order chi connectivity index (χ0) is 15.0. The van der Waals surface area contributed by atoms with Crippen molar-refractivity contribution in [1.82, 2.24) is 4.72 Å². The van der Waals surface area contributed by atoms with Crippen LogP contribution in [0.5, 0.6) is 0 Å². The molecule has 1 atom stereocenters. The molecule has 0 radical (unpaired) electrons. The number of hydrogen-bond acceptors (Lipinski definition) is 5. The number of carboxylic acid groups (broad SMARTS) is 1. The van der Waals surface area contributed by atoms with Crippen molar-refractivity contribution < 1.29 is 26.7 Å². The third kappa shape index (κ3) is 3.17. The third-order valence-corrected chi connectivity index (χ3v) is 6.31. The molecular formula is C11H13NO6S2. The van der Waals surface area contributed by atoms with Crippen molar-refractivity contribution in [2.75, 3.05) is 11.5 Å². The van der Waals surface area contributed by atoms with Crippen LogP contribution < -0.4 is 4.72 Å². The lowest BCUT2D eigenvalue weighted by Gasteiger charge is -2.13. The first kappa shape index (κ1) is 14.9. The molecule has 0 aromatic heterocycles. The van der Waals surface area contributed by atoms with E-state index in [1.54, 1.807) is 0 Å². The summed E-state index contributed by atoms with van der Waals surface area (Å²) in [5.41, 5.74) is -0.346. The molecule has 1 fully saturated rings. The van der Waals surface area contributed by atoms with Gasteiger partial charge in [0.1, 0.15) is 0 Å². The van der Waals surface area contributed by atoms with Crippen LogP contribution in [-0.2, 0) is 19.9 Å². The third-order valence-electron chi connectivity index (χ3n) is 2.96. The summed E-state index contributed by atoms with van der Waals surface area (Å²) in [6, 6.07) is 4.47. The highest BCUT2D eigenvalue weighted by atomic mass is 32.2. The van der Waals surface area contributed by atoms with Crippen molar-refractivity contribution in [3.63, 3.8) is 0 Å². The number of hydrogen-bond donors (Lipinski definition) is 2. The number of sulfone groups is 1. The van der Waals surface area contributed by atoms with Crippen molar-refractivity contribution in [3.8, 4) is 0 Å². The summed E-state index contributed by atoms with van der Waals surface area (Å²) < 4.78 is 49.2. The predicted octanol–water partition coefficient (Wildman–Crippen LogP) is -0.150. The summed E-state index contributed by atoms with van der Waals surface area (Å²) in [6.07, 6.45) is 0.191. The average molecular weight is 319 g/mol.